The number of piperazine rings is 1. The van der Waals surface area contributed by atoms with Crippen LogP contribution < -0.4 is 15.0 Å². The quantitative estimate of drug-likeness (QED) is 0.245. The number of rotatable bonds is 9. The number of pyridine rings is 1. The fourth-order valence-electron chi connectivity index (χ4n) is 4.67. The topological polar surface area (TPSA) is 105 Å². The second-order valence-corrected chi connectivity index (χ2v) is 12.8. The molecule has 1 saturated heterocycles. The van der Waals surface area contributed by atoms with E-state index >= 15 is 0 Å². The van der Waals surface area contributed by atoms with Gasteiger partial charge in [-0.3, -0.25) is 9.78 Å². The highest BCUT2D eigenvalue weighted by atomic mass is 32.2. The fraction of sp³-hybridized carbons (Fsp3) is 0.321. The maximum Gasteiger partial charge on any atom is 0.573 e. The van der Waals surface area contributed by atoms with E-state index in [1.165, 1.54) is 42.5 Å². The van der Waals surface area contributed by atoms with E-state index in [0.29, 0.717) is 16.2 Å². The maximum atomic E-state index is 14.0. The molecule has 1 amide bonds. The van der Waals surface area contributed by atoms with E-state index < -0.39 is 40.0 Å². The molecule has 0 spiro atoms. The molecular weight excluding hydrogens is 629 g/mol. The number of halogens is 5. The number of amides is 1. The molecule has 44 heavy (non-hydrogen) atoms. The number of thiazole rings is 1. The first-order chi connectivity index (χ1) is 20.8. The minimum atomic E-state index is -4.95. The Hall–Kier alpha value is -3.89. The summed E-state index contributed by atoms with van der Waals surface area (Å²) in [6.07, 6.45) is -2.08. The molecule has 0 unspecified atom stereocenters. The molecule has 1 aliphatic heterocycles. The van der Waals surface area contributed by atoms with E-state index in [1.54, 1.807) is 23.4 Å². The van der Waals surface area contributed by atoms with Gasteiger partial charge in [-0.2, -0.15) is 4.31 Å². The highest BCUT2D eigenvalue weighted by Gasteiger charge is 2.41. The molecule has 1 fully saturated rings. The Balaban J connectivity index is 1.39. The third-order valence-corrected chi connectivity index (χ3v) is 10.0. The average molecular weight is 656 g/mol. The highest BCUT2D eigenvalue weighted by molar-refractivity contribution is 7.89. The zero-order valence-electron chi connectivity index (χ0n) is 23.1. The van der Waals surface area contributed by atoms with Gasteiger partial charge in [0.1, 0.15) is 11.8 Å². The average Bonchev–Trinajstić information content (AvgIpc) is 3.44. The number of benzene rings is 2. The molecule has 0 radical (unpaired) electrons. The van der Waals surface area contributed by atoms with Crippen molar-refractivity contribution in [3.05, 3.63) is 78.1 Å². The van der Waals surface area contributed by atoms with E-state index in [4.69, 9.17) is 0 Å². The SMILES string of the molecule is CCC(F)(F)c1ccc(CNC(=O)[C@H]2CN(c3nc4ccncc4s3)CCN2S(=O)(=O)c2ccc(OC(F)(F)F)cc2)cc1. The van der Waals surface area contributed by atoms with Gasteiger partial charge in [0.15, 0.2) is 5.13 Å². The van der Waals surface area contributed by atoms with Crippen molar-refractivity contribution in [1.82, 2.24) is 19.6 Å². The smallest absolute Gasteiger partial charge is 0.406 e. The zero-order chi connectivity index (χ0) is 31.7. The van der Waals surface area contributed by atoms with Crippen molar-refractivity contribution < 1.29 is 39.9 Å². The summed E-state index contributed by atoms with van der Waals surface area (Å²) in [5, 5.41) is 3.26. The second kappa shape index (κ2) is 12.2. The Kier molecular flexibility index (Phi) is 8.77. The molecule has 3 heterocycles. The Morgan fingerprint density at radius 3 is 2.39 bits per heavy atom. The standard InChI is InChI=1S/C28H26F5N5O4S2/c1-2-27(29,30)19-5-3-18(4-6-19)15-35-25(39)23-17-37(26-36-22-11-12-34-16-24(22)43-26)13-14-38(23)44(40,41)21-9-7-20(8-10-21)42-28(31,32)33/h3-12,16,23H,2,13-15,17H2,1H3,(H,35,39)/t23-/m1/s1. The maximum absolute atomic E-state index is 14.0. The number of nitrogens with zero attached hydrogens (tertiary/aromatic N) is 4. The number of sulfonamides is 1. The number of alkyl halides is 5. The van der Waals surface area contributed by atoms with Crippen LogP contribution >= 0.6 is 11.3 Å². The largest absolute Gasteiger partial charge is 0.573 e. The van der Waals surface area contributed by atoms with Crippen LogP contribution in [0.1, 0.15) is 24.5 Å². The highest BCUT2D eigenvalue weighted by Crippen LogP contribution is 2.33. The van der Waals surface area contributed by atoms with Gasteiger partial charge in [0.2, 0.25) is 15.9 Å². The number of carbonyl (C=O) groups is 1. The lowest BCUT2D eigenvalue weighted by Gasteiger charge is -2.39. The monoisotopic (exact) mass is 655 g/mol. The number of carbonyl (C=O) groups excluding carboxylic acids is 1. The van der Waals surface area contributed by atoms with Crippen molar-refractivity contribution in [2.24, 2.45) is 0 Å². The minimum Gasteiger partial charge on any atom is -0.406 e. The third kappa shape index (κ3) is 6.92. The van der Waals surface area contributed by atoms with Crippen LogP contribution in [0.15, 0.2) is 71.9 Å². The van der Waals surface area contributed by atoms with Crippen LogP contribution in [0.25, 0.3) is 10.2 Å². The van der Waals surface area contributed by atoms with Crippen molar-refractivity contribution >= 4 is 42.6 Å². The predicted octanol–water partition coefficient (Wildman–Crippen LogP) is 5.29. The van der Waals surface area contributed by atoms with Crippen LogP contribution in [-0.2, 0) is 27.3 Å². The minimum absolute atomic E-state index is 0.0581. The van der Waals surface area contributed by atoms with Crippen LogP contribution in [0.3, 0.4) is 0 Å². The van der Waals surface area contributed by atoms with Gasteiger partial charge in [-0.15, -0.1) is 13.2 Å². The van der Waals surface area contributed by atoms with Gasteiger partial charge in [-0.1, -0.05) is 42.5 Å². The number of hydrogen-bond acceptors (Lipinski definition) is 8. The first-order valence-corrected chi connectivity index (χ1v) is 15.6. The van der Waals surface area contributed by atoms with E-state index in [-0.39, 0.29) is 43.1 Å². The van der Waals surface area contributed by atoms with Gasteiger partial charge in [-0.05, 0) is 35.9 Å². The van der Waals surface area contributed by atoms with Crippen LogP contribution in [0.4, 0.5) is 27.1 Å². The van der Waals surface area contributed by atoms with Gasteiger partial charge >= 0.3 is 6.36 Å². The lowest BCUT2D eigenvalue weighted by atomic mass is 10.0. The normalized spacial score (nSPS) is 16.7. The summed E-state index contributed by atoms with van der Waals surface area (Å²) in [5.41, 5.74) is 1.05. The van der Waals surface area contributed by atoms with E-state index in [1.807, 2.05) is 0 Å². The van der Waals surface area contributed by atoms with Crippen LogP contribution in [0, 0.1) is 0 Å². The predicted molar refractivity (Wildman–Crippen MR) is 153 cm³/mol. The van der Waals surface area contributed by atoms with Crippen LogP contribution in [-0.4, -0.2) is 60.6 Å². The summed E-state index contributed by atoms with van der Waals surface area (Å²) >= 11 is 1.33. The number of anilines is 1. The number of hydrogen-bond donors (Lipinski definition) is 1. The molecule has 2 aromatic carbocycles. The van der Waals surface area contributed by atoms with Gasteiger partial charge < -0.3 is 15.0 Å². The molecule has 1 N–H and O–H groups in total. The Morgan fingerprint density at radius 2 is 1.75 bits per heavy atom. The van der Waals surface area contributed by atoms with Gasteiger partial charge in [-0.25, -0.2) is 22.2 Å². The van der Waals surface area contributed by atoms with Crippen molar-refractivity contribution in [2.45, 2.75) is 43.1 Å². The fourth-order valence-corrected chi connectivity index (χ4v) is 7.21. The van der Waals surface area contributed by atoms with Crippen LogP contribution in [0.2, 0.25) is 0 Å². The second-order valence-electron chi connectivity index (χ2n) is 9.91. The summed E-state index contributed by atoms with van der Waals surface area (Å²) in [5.74, 6) is -4.24. The zero-order valence-corrected chi connectivity index (χ0v) is 24.7. The van der Waals surface area contributed by atoms with Crippen molar-refractivity contribution in [1.29, 1.82) is 0 Å². The number of ether oxygens (including phenoxy) is 1. The summed E-state index contributed by atoms with van der Waals surface area (Å²) in [4.78, 5) is 23.7. The molecule has 0 bridgehead atoms. The molecule has 1 aliphatic rings. The number of aromatic nitrogens is 2. The first-order valence-electron chi connectivity index (χ1n) is 13.3. The first kappa shape index (κ1) is 31.5. The number of fused-ring (bicyclic) bond motifs is 1. The van der Waals surface area contributed by atoms with E-state index in [0.717, 1.165) is 33.3 Å². The molecular formula is C28H26F5N5O4S2. The Morgan fingerprint density at radius 1 is 1.05 bits per heavy atom. The van der Waals surface area contributed by atoms with Crippen molar-refractivity contribution in [2.75, 3.05) is 24.5 Å². The summed E-state index contributed by atoms with van der Waals surface area (Å²) in [6, 6.07) is 9.66. The van der Waals surface area contributed by atoms with Gasteiger partial charge in [0.05, 0.1) is 15.1 Å². The third-order valence-electron chi connectivity index (χ3n) is 7.04. The summed E-state index contributed by atoms with van der Waals surface area (Å²) in [7, 11) is -4.36. The molecule has 4 aromatic rings. The van der Waals surface area contributed by atoms with Gasteiger partial charge in [0, 0.05) is 50.6 Å². The molecule has 2 aromatic heterocycles. The molecule has 5 rings (SSSR count). The number of nitrogens with one attached hydrogen (secondary N) is 1. The molecule has 16 heteroatoms. The van der Waals surface area contributed by atoms with Crippen molar-refractivity contribution in [3.63, 3.8) is 0 Å². The van der Waals surface area contributed by atoms with Gasteiger partial charge in [0.25, 0.3) is 5.92 Å². The lowest BCUT2D eigenvalue weighted by Crippen LogP contribution is -2.60. The lowest BCUT2D eigenvalue weighted by molar-refractivity contribution is -0.274. The Labute approximate surface area is 253 Å². The molecule has 234 valence electrons. The Bertz CT molecular complexity index is 1700. The van der Waals surface area contributed by atoms with Crippen molar-refractivity contribution in [3.8, 4) is 5.75 Å². The summed E-state index contributed by atoms with van der Waals surface area (Å²) in [6.45, 7) is 1.29. The summed E-state index contributed by atoms with van der Waals surface area (Å²) < 4.78 is 98.8. The molecule has 1 atom stereocenters. The molecule has 9 nitrogen and oxygen atoms in total. The van der Waals surface area contributed by atoms with E-state index in [2.05, 4.69) is 20.0 Å². The molecule has 0 saturated carbocycles. The van der Waals surface area contributed by atoms with E-state index in [9.17, 15) is 35.2 Å². The molecule has 0 aliphatic carbocycles. The van der Waals surface area contributed by atoms with Crippen LogP contribution in [0.5, 0.6) is 5.75 Å².